The Labute approximate surface area is 114 Å². The number of anilines is 1. The Morgan fingerprint density at radius 2 is 2.00 bits per heavy atom. The molecule has 1 aromatic carbocycles. The molecule has 2 rings (SSSR count). The summed E-state index contributed by atoms with van der Waals surface area (Å²) in [5.41, 5.74) is -1.85. The van der Waals surface area contributed by atoms with Crippen LogP contribution in [0.3, 0.4) is 0 Å². The number of benzene rings is 1. The highest BCUT2D eigenvalue weighted by atomic mass is 19.4. The van der Waals surface area contributed by atoms with E-state index in [9.17, 15) is 23.3 Å². The maximum absolute atomic E-state index is 13.1. The molecule has 110 valence electrons. The Hall–Kier alpha value is -1.79. The molecule has 7 heteroatoms. The van der Waals surface area contributed by atoms with Crippen molar-refractivity contribution in [2.75, 3.05) is 11.4 Å². The number of non-ortho nitro benzene ring substituents is 1. The van der Waals surface area contributed by atoms with Gasteiger partial charge >= 0.3 is 6.18 Å². The average molecular weight is 288 g/mol. The lowest BCUT2D eigenvalue weighted by Gasteiger charge is -2.35. The zero-order chi connectivity index (χ0) is 15.1. The molecule has 0 saturated carbocycles. The van der Waals surface area contributed by atoms with Gasteiger partial charge in [-0.05, 0) is 32.8 Å². The summed E-state index contributed by atoms with van der Waals surface area (Å²) in [6, 6.07) is 2.94. The van der Waals surface area contributed by atoms with Crippen molar-refractivity contribution in [3.05, 3.63) is 33.9 Å². The number of nitro benzene ring substituents is 1. The molecule has 1 heterocycles. The van der Waals surface area contributed by atoms with Gasteiger partial charge in [-0.1, -0.05) is 0 Å². The van der Waals surface area contributed by atoms with Crippen LogP contribution in [0, 0.1) is 10.1 Å². The molecule has 0 aliphatic carbocycles. The summed E-state index contributed by atoms with van der Waals surface area (Å²) >= 11 is 0. The van der Waals surface area contributed by atoms with Crippen molar-refractivity contribution in [1.82, 2.24) is 0 Å². The van der Waals surface area contributed by atoms with Gasteiger partial charge in [0.2, 0.25) is 0 Å². The second kappa shape index (κ2) is 4.64. The summed E-state index contributed by atoms with van der Waals surface area (Å²) in [6.07, 6.45) is -3.01. The highest BCUT2D eigenvalue weighted by Gasteiger charge is 2.40. The molecular formula is C13H15F3N2O2. The SMILES string of the molecule is CC1(C)CCCN1c1ccc([N+](=O)[O-])cc1C(F)(F)F. The zero-order valence-corrected chi connectivity index (χ0v) is 11.2. The van der Waals surface area contributed by atoms with Crippen LogP contribution >= 0.6 is 0 Å². The summed E-state index contributed by atoms with van der Waals surface area (Å²) in [4.78, 5) is 11.5. The second-order valence-corrected chi connectivity index (χ2v) is 5.52. The van der Waals surface area contributed by atoms with E-state index in [0.29, 0.717) is 12.6 Å². The van der Waals surface area contributed by atoms with Crippen LogP contribution in [0.15, 0.2) is 18.2 Å². The fourth-order valence-corrected chi connectivity index (χ4v) is 2.65. The van der Waals surface area contributed by atoms with Gasteiger partial charge in [0.05, 0.1) is 10.5 Å². The molecule has 0 unspecified atom stereocenters. The number of rotatable bonds is 2. The lowest BCUT2D eigenvalue weighted by molar-refractivity contribution is -0.385. The van der Waals surface area contributed by atoms with E-state index in [2.05, 4.69) is 0 Å². The van der Waals surface area contributed by atoms with E-state index in [0.717, 1.165) is 18.9 Å². The second-order valence-electron chi connectivity index (χ2n) is 5.52. The van der Waals surface area contributed by atoms with Gasteiger partial charge in [0, 0.05) is 29.9 Å². The summed E-state index contributed by atoms with van der Waals surface area (Å²) < 4.78 is 39.4. The Balaban J connectivity index is 2.56. The van der Waals surface area contributed by atoms with Crippen molar-refractivity contribution < 1.29 is 18.1 Å². The monoisotopic (exact) mass is 288 g/mol. The Morgan fingerprint density at radius 1 is 1.35 bits per heavy atom. The van der Waals surface area contributed by atoms with E-state index in [1.165, 1.54) is 6.07 Å². The van der Waals surface area contributed by atoms with Crippen LogP contribution in [0.1, 0.15) is 32.3 Å². The molecule has 0 N–H and O–H groups in total. The van der Waals surface area contributed by atoms with Crippen LogP contribution < -0.4 is 4.90 Å². The van der Waals surface area contributed by atoms with Gasteiger partial charge in [-0.3, -0.25) is 10.1 Å². The molecule has 4 nitrogen and oxygen atoms in total. The van der Waals surface area contributed by atoms with E-state index >= 15 is 0 Å². The number of nitro groups is 1. The molecule has 1 aromatic rings. The van der Waals surface area contributed by atoms with Gasteiger partial charge in [-0.2, -0.15) is 13.2 Å². The summed E-state index contributed by atoms with van der Waals surface area (Å²) in [7, 11) is 0. The number of halogens is 3. The third-order valence-electron chi connectivity index (χ3n) is 3.69. The molecule has 0 amide bonds. The molecule has 1 aliphatic heterocycles. The van der Waals surface area contributed by atoms with Crippen molar-refractivity contribution in [3.63, 3.8) is 0 Å². The maximum Gasteiger partial charge on any atom is 0.418 e. The van der Waals surface area contributed by atoms with Crippen LogP contribution in [0.5, 0.6) is 0 Å². The Kier molecular flexibility index (Phi) is 3.39. The van der Waals surface area contributed by atoms with Gasteiger partial charge in [-0.15, -0.1) is 0 Å². The van der Waals surface area contributed by atoms with Gasteiger partial charge < -0.3 is 4.90 Å². The predicted molar refractivity (Wildman–Crippen MR) is 68.8 cm³/mol. The van der Waals surface area contributed by atoms with Gasteiger partial charge in [0.15, 0.2) is 0 Å². The largest absolute Gasteiger partial charge is 0.418 e. The third kappa shape index (κ3) is 2.57. The molecule has 20 heavy (non-hydrogen) atoms. The average Bonchev–Trinajstić information content (AvgIpc) is 2.66. The molecule has 1 aliphatic rings. The highest BCUT2D eigenvalue weighted by molar-refractivity contribution is 5.61. The number of nitrogens with zero attached hydrogens (tertiary/aromatic N) is 2. The minimum absolute atomic E-state index is 0.0191. The standard InChI is InChI=1S/C13H15F3N2O2/c1-12(2)6-3-7-17(12)11-5-4-9(18(19)20)8-10(11)13(14,15)16/h4-5,8H,3,6-7H2,1-2H3. The predicted octanol–water partition coefficient (Wildman–Crippen LogP) is 3.99. The Bertz CT molecular complexity index is 541. The molecule has 0 bridgehead atoms. The van der Waals surface area contributed by atoms with Crippen LogP contribution in [0.25, 0.3) is 0 Å². The van der Waals surface area contributed by atoms with Crippen LogP contribution in [0.2, 0.25) is 0 Å². The lowest BCUT2D eigenvalue weighted by atomic mass is 10.00. The fraction of sp³-hybridized carbons (Fsp3) is 0.538. The van der Waals surface area contributed by atoms with Crippen molar-refractivity contribution in [1.29, 1.82) is 0 Å². The smallest absolute Gasteiger partial charge is 0.366 e. The summed E-state index contributed by atoms with van der Waals surface area (Å²) in [6.45, 7) is 4.27. The Morgan fingerprint density at radius 3 is 2.45 bits per heavy atom. The van der Waals surface area contributed by atoms with Crippen LogP contribution in [-0.4, -0.2) is 17.0 Å². The first-order valence-electron chi connectivity index (χ1n) is 6.26. The summed E-state index contributed by atoms with van der Waals surface area (Å²) in [5.74, 6) is 0. The first-order chi connectivity index (χ1) is 9.13. The lowest BCUT2D eigenvalue weighted by Crippen LogP contribution is -2.39. The zero-order valence-electron chi connectivity index (χ0n) is 11.2. The van der Waals surface area contributed by atoms with Crippen molar-refractivity contribution in [2.45, 2.75) is 38.4 Å². The van der Waals surface area contributed by atoms with E-state index in [-0.39, 0.29) is 11.2 Å². The highest BCUT2D eigenvalue weighted by Crippen LogP contribution is 2.43. The first kappa shape index (κ1) is 14.6. The van der Waals surface area contributed by atoms with Crippen molar-refractivity contribution >= 4 is 11.4 Å². The van der Waals surface area contributed by atoms with Gasteiger partial charge in [0.1, 0.15) is 0 Å². The van der Waals surface area contributed by atoms with Crippen molar-refractivity contribution in [2.24, 2.45) is 0 Å². The van der Waals surface area contributed by atoms with E-state index in [4.69, 9.17) is 0 Å². The van der Waals surface area contributed by atoms with Crippen LogP contribution in [0.4, 0.5) is 24.5 Å². The van der Waals surface area contributed by atoms with E-state index < -0.39 is 22.4 Å². The van der Waals surface area contributed by atoms with E-state index in [1.807, 2.05) is 13.8 Å². The third-order valence-corrected chi connectivity index (χ3v) is 3.69. The molecule has 0 aromatic heterocycles. The molecule has 0 radical (unpaired) electrons. The minimum atomic E-state index is -4.61. The fourth-order valence-electron chi connectivity index (χ4n) is 2.65. The number of hydrogen-bond acceptors (Lipinski definition) is 3. The molecular weight excluding hydrogens is 273 g/mol. The molecule has 0 spiro atoms. The van der Waals surface area contributed by atoms with Crippen LogP contribution in [-0.2, 0) is 6.18 Å². The maximum atomic E-state index is 13.1. The minimum Gasteiger partial charge on any atom is -0.366 e. The first-order valence-corrected chi connectivity index (χ1v) is 6.26. The number of alkyl halides is 3. The molecule has 0 atom stereocenters. The van der Waals surface area contributed by atoms with Gasteiger partial charge in [0.25, 0.3) is 5.69 Å². The molecule has 1 fully saturated rings. The quantitative estimate of drug-likeness (QED) is 0.610. The van der Waals surface area contributed by atoms with Crippen molar-refractivity contribution in [3.8, 4) is 0 Å². The molecule has 1 saturated heterocycles. The normalized spacial score (nSPS) is 18.4. The van der Waals surface area contributed by atoms with Gasteiger partial charge in [-0.25, -0.2) is 0 Å². The number of hydrogen-bond donors (Lipinski definition) is 0. The van der Waals surface area contributed by atoms with E-state index in [1.54, 1.807) is 4.90 Å². The topological polar surface area (TPSA) is 46.4 Å². The summed E-state index contributed by atoms with van der Waals surface area (Å²) in [5, 5.41) is 10.7.